The van der Waals surface area contributed by atoms with Crippen molar-refractivity contribution in [2.75, 3.05) is 13.7 Å². The van der Waals surface area contributed by atoms with Crippen molar-refractivity contribution in [1.82, 2.24) is 24.8 Å². The van der Waals surface area contributed by atoms with E-state index in [0.29, 0.717) is 23.5 Å². The molecule has 1 aromatic carbocycles. The van der Waals surface area contributed by atoms with Crippen LogP contribution in [-0.4, -0.2) is 50.6 Å². The maximum atomic E-state index is 12.6. The van der Waals surface area contributed by atoms with Crippen molar-refractivity contribution in [2.45, 2.75) is 25.5 Å². The molecule has 1 amide bonds. The summed E-state index contributed by atoms with van der Waals surface area (Å²) in [6.07, 6.45) is 2.43. The van der Waals surface area contributed by atoms with Gasteiger partial charge in [0.25, 0.3) is 0 Å². The van der Waals surface area contributed by atoms with E-state index in [4.69, 9.17) is 9.47 Å². The zero-order chi connectivity index (χ0) is 19.5. The largest absolute Gasteiger partial charge is 0.464 e. The number of nitrogens with one attached hydrogen (secondary N) is 1. The summed E-state index contributed by atoms with van der Waals surface area (Å²) >= 11 is 0. The Morgan fingerprint density at radius 2 is 2.07 bits per heavy atom. The molecule has 0 spiro atoms. The summed E-state index contributed by atoms with van der Waals surface area (Å²) in [6, 6.07) is 9.24. The number of fused-ring (bicyclic) bond motifs is 1. The number of hydrogen-bond acceptors (Lipinski definition) is 7. The summed E-state index contributed by atoms with van der Waals surface area (Å²) in [4.78, 5) is 41.8. The van der Waals surface area contributed by atoms with E-state index in [1.807, 2.05) is 30.3 Å². The number of H-pyrrole nitrogens is 1. The minimum absolute atomic E-state index is 0.113. The van der Waals surface area contributed by atoms with Gasteiger partial charge in [0.15, 0.2) is 11.3 Å². The van der Waals surface area contributed by atoms with Gasteiger partial charge in [-0.3, -0.25) is 4.90 Å². The van der Waals surface area contributed by atoms with Crippen LogP contribution in [0.15, 0.2) is 36.7 Å². The van der Waals surface area contributed by atoms with Gasteiger partial charge in [-0.25, -0.2) is 24.5 Å². The Labute approximate surface area is 160 Å². The molecule has 144 valence electrons. The van der Waals surface area contributed by atoms with Crippen molar-refractivity contribution in [3.05, 3.63) is 53.7 Å². The van der Waals surface area contributed by atoms with E-state index in [1.54, 1.807) is 4.90 Å². The third kappa shape index (κ3) is 3.38. The Balaban J connectivity index is 1.54. The fraction of sp³-hybridized carbons (Fsp3) is 0.316. The molecular weight excluding hydrogens is 362 g/mol. The minimum atomic E-state index is -0.576. The summed E-state index contributed by atoms with van der Waals surface area (Å²) < 4.78 is 10.2. The number of carbonyl (C=O) groups excluding carboxylic acids is 2. The molecule has 3 heterocycles. The molecule has 3 aromatic rings. The Hall–Kier alpha value is -3.49. The standard InChI is InChI=1S/C19H19N5O4/c1-27-18(25)15-14-17(21-11-20-15)23-16(22-14)13-8-5-9-24(13)19(26)28-10-12-6-3-2-4-7-12/h2-4,6-7,11,13H,5,8-10H2,1H3,(H,20,21,22,23)/t13-/m0/s1. The number of nitrogens with zero attached hydrogens (tertiary/aromatic N) is 4. The van der Waals surface area contributed by atoms with Crippen LogP contribution >= 0.6 is 0 Å². The Kier molecular flexibility index (Phi) is 4.88. The monoisotopic (exact) mass is 381 g/mol. The van der Waals surface area contributed by atoms with Crippen LogP contribution in [0.2, 0.25) is 0 Å². The summed E-state index contributed by atoms with van der Waals surface area (Å²) in [5.74, 6) is -0.0250. The number of esters is 1. The van der Waals surface area contributed by atoms with E-state index < -0.39 is 12.1 Å². The van der Waals surface area contributed by atoms with Gasteiger partial charge in [-0.15, -0.1) is 0 Å². The van der Waals surface area contributed by atoms with Crippen LogP contribution in [0.25, 0.3) is 11.2 Å². The van der Waals surface area contributed by atoms with Crippen molar-refractivity contribution >= 4 is 23.2 Å². The van der Waals surface area contributed by atoms with E-state index in [0.717, 1.165) is 18.4 Å². The number of aromatic amines is 1. The highest BCUT2D eigenvalue weighted by Gasteiger charge is 2.34. The number of hydrogen-bond donors (Lipinski definition) is 1. The molecule has 0 unspecified atom stereocenters. The van der Waals surface area contributed by atoms with Gasteiger partial charge in [0, 0.05) is 6.54 Å². The van der Waals surface area contributed by atoms with Gasteiger partial charge in [0.1, 0.15) is 24.3 Å². The average Bonchev–Trinajstić information content (AvgIpc) is 3.38. The van der Waals surface area contributed by atoms with E-state index in [9.17, 15) is 9.59 Å². The lowest BCUT2D eigenvalue weighted by atomic mass is 10.2. The van der Waals surface area contributed by atoms with Gasteiger partial charge in [-0.2, -0.15) is 0 Å². The maximum Gasteiger partial charge on any atom is 0.410 e. The van der Waals surface area contributed by atoms with Crippen LogP contribution in [0, 0.1) is 0 Å². The lowest BCUT2D eigenvalue weighted by molar-refractivity contribution is 0.0596. The second-order valence-electron chi connectivity index (χ2n) is 6.43. The van der Waals surface area contributed by atoms with Gasteiger partial charge in [0.2, 0.25) is 0 Å². The highest BCUT2D eigenvalue weighted by molar-refractivity contribution is 5.98. The first-order chi connectivity index (χ1) is 13.7. The quantitative estimate of drug-likeness (QED) is 0.692. The van der Waals surface area contributed by atoms with E-state index in [-0.39, 0.29) is 18.3 Å². The van der Waals surface area contributed by atoms with Gasteiger partial charge in [-0.05, 0) is 18.4 Å². The van der Waals surface area contributed by atoms with Crippen LogP contribution in [0.1, 0.15) is 40.8 Å². The molecule has 9 nitrogen and oxygen atoms in total. The molecule has 1 atom stereocenters. The molecule has 1 fully saturated rings. The topological polar surface area (TPSA) is 110 Å². The van der Waals surface area contributed by atoms with Crippen LogP contribution in [0.3, 0.4) is 0 Å². The molecular formula is C19H19N5O4. The molecule has 4 rings (SSSR count). The Bertz CT molecular complexity index is 1000. The fourth-order valence-electron chi connectivity index (χ4n) is 3.33. The molecule has 0 saturated carbocycles. The van der Waals surface area contributed by atoms with Crippen LogP contribution in [-0.2, 0) is 16.1 Å². The van der Waals surface area contributed by atoms with E-state index >= 15 is 0 Å². The highest BCUT2D eigenvalue weighted by Crippen LogP contribution is 2.32. The van der Waals surface area contributed by atoms with Crippen LogP contribution in [0.4, 0.5) is 4.79 Å². The molecule has 28 heavy (non-hydrogen) atoms. The Morgan fingerprint density at radius 1 is 1.25 bits per heavy atom. The second-order valence-corrected chi connectivity index (χ2v) is 6.43. The van der Waals surface area contributed by atoms with Gasteiger partial charge < -0.3 is 14.5 Å². The van der Waals surface area contributed by atoms with Crippen molar-refractivity contribution in [3.63, 3.8) is 0 Å². The normalized spacial score (nSPS) is 16.3. The lowest BCUT2D eigenvalue weighted by Gasteiger charge is -2.22. The summed E-state index contributed by atoms with van der Waals surface area (Å²) in [6.45, 7) is 0.784. The zero-order valence-electron chi connectivity index (χ0n) is 15.3. The van der Waals surface area contributed by atoms with Crippen LogP contribution < -0.4 is 0 Å². The molecule has 9 heteroatoms. The smallest absolute Gasteiger partial charge is 0.410 e. The van der Waals surface area contributed by atoms with E-state index in [1.165, 1.54) is 13.4 Å². The molecule has 1 saturated heterocycles. The summed E-state index contributed by atoms with van der Waals surface area (Å²) in [7, 11) is 1.29. The molecule has 0 bridgehead atoms. The first-order valence-electron chi connectivity index (χ1n) is 8.93. The number of methoxy groups -OCH3 is 1. The predicted octanol–water partition coefficient (Wildman–Crippen LogP) is 2.61. The average molecular weight is 381 g/mol. The first-order valence-corrected chi connectivity index (χ1v) is 8.93. The van der Waals surface area contributed by atoms with Crippen molar-refractivity contribution in [1.29, 1.82) is 0 Å². The first kappa shape index (κ1) is 17.9. The number of imidazole rings is 1. The number of ether oxygens (including phenoxy) is 2. The van der Waals surface area contributed by atoms with Gasteiger partial charge in [-0.1, -0.05) is 30.3 Å². The van der Waals surface area contributed by atoms with Crippen molar-refractivity contribution < 1.29 is 19.1 Å². The SMILES string of the molecule is COC(=O)c1ncnc2nc([C@@H]3CCCN3C(=O)OCc3ccccc3)[nH]c12. The molecule has 1 aliphatic rings. The number of benzene rings is 1. The van der Waals surface area contributed by atoms with Gasteiger partial charge >= 0.3 is 12.1 Å². The fourth-order valence-corrected chi connectivity index (χ4v) is 3.33. The Morgan fingerprint density at radius 3 is 2.86 bits per heavy atom. The zero-order valence-corrected chi connectivity index (χ0v) is 15.3. The molecule has 1 N–H and O–H groups in total. The lowest BCUT2D eigenvalue weighted by Crippen LogP contribution is -2.31. The van der Waals surface area contributed by atoms with E-state index in [2.05, 4.69) is 19.9 Å². The second kappa shape index (κ2) is 7.63. The molecule has 0 radical (unpaired) electrons. The maximum absolute atomic E-state index is 12.6. The third-order valence-corrected chi connectivity index (χ3v) is 4.69. The summed E-state index contributed by atoms with van der Waals surface area (Å²) in [5, 5.41) is 0. The van der Waals surface area contributed by atoms with Crippen molar-refractivity contribution in [2.24, 2.45) is 0 Å². The number of amides is 1. The minimum Gasteiger partial charge on any atom is -0.464 e. The summed E-state index contributed by atoms with van der Waals surface area (Å²) in [5.41, 5.74) is 1.79. The molecule has 1 aliphatic heterocycles. The predicted molar refractivity (Wildman–Crippen MR) is 98.3 cm³/mol. The third-order valence-electron chi connectivity index (χ3n) is 4.69. The molecule has 2 aromatic heterocycles. The van der Waals surface area contributed by atoms with Crippen LogP contribution in [0.5, 0.6) is 0 Å². The van der Waals surface area contributed by atoms with Crippen molar-refractivity contribution in [3.8, 4) is 0 Å². The van der Waals surface area contributed by atoms with Gasteiger partial charge in [0.05, 0.1) is 13.2 Å². The molecule has 0 aliphatic carbocycles. The number of carbonyl (C=O) groups is 2. The number of likely N-dealkylation sites (tertiary alicyclic amines) is 1. The number of aromatic nitrogens is 4. The number of rotatable bonds is 4. The highest BCUT2D eigenvalue weighted by atomic mass is 16.6.